The topological polar surface area (TPSA) is 75.3 Å². The lowest BCUT2D eigenvalue weighted by molar-refractivity contribution is -0.128. The summed E-state index contributed by atoms with van der Waals surface area (Å²) in [7, 11) is 0. The second-order valence-electron chi connectivity index (χ2n) is 6.99. The molecule has 1 aliphatic heterocycles. The number of aromatic nitrogens is 1. The number of ether oxygens (including phenoxy) is 1. The van der Waals surface area contributed by atoms with E-state index < -0.39 is 23.1 Å². The van der Waals surface area contributed by atoms with Gasteiger partial charge in [0.1, 0.15) is 22.4 Å². The Kier molecular flexibility index (Phi) is 6.32. The van der Waals surface area contributed by atoms with E-state index >= 15 is 0 Å². The number of carbonyl (C=O) groups excluding carboxylic acids is 1. The lowest BCUT2D eigenvalue weighted by Crippen LogP contribution is -2.42. The highest BCUT2D eigenvalue weighted by Crippen LogP contribution is 2.16. The van der Waals surface area contributed by atoms with Gasteiger partial charge in [-0.1, -0.05) is 0 Å². The molecule has 4 rings (SSSR count). The minimum absolute atomic E-state index is 0.000900. The van der Waals surface area contributed by atoms with E-state index in [0.29, 0.717) is 32.4 Å². The zero-order chi connectivity index (χ0) is 22.8. The Morgan fingerprint density at radius 3 is 2.56 bits per heavy atom. The minimum Gasteiger partial charge on any atom is -0.378 e. The van der Waals surface area contributed by atoms with Gasteiger partial charge in [0.15, 0.2) is 5.57 Å². The summed E-state index contributed by atoms with van der Waals surface area (Å²) in [5.74, 6) is -2.33. The van der Waals surface area contributed by atoms with Crippen LogP contribution in [0.25, 0.3) is 17.3 Å². The fraction of sp³-hybridized carbons (Fsp3) is 0.227. The summed E-state index contributed by atoms with van der Waals surface area (Å²) < 4.78 is 34.6. The van der Waals surface area contributed by atoms with E-state index in [9.17, 15) is 23.6 Å². The van der Waals surface area contributed by atoms with E-state index in [4.69, 9.17) is 4.74 Å². The van der Waals surface area contributed by atoms with Crippen molar-refractivity contribution in [2.45, 2.75) is 6.92 Å². The highest BCUT2D eigenvalue weighted by atomic mass is 32.1. The van der Waals surface area contributed by atoms with Gasteiger partial charge in [0.05, 0.1) is 23.4 Å². The molecule has 0 radical (unpaired) electrons. The number of hydrogen-bond donors (Lipinski definition) is 0. The van der Waals surface area contributed by atoms with E-state index in [1.54, 1.807) is 6.08 Å². The first-order chi connectivity index (χ1) is 15.4. The standard InChI is InChI=1S/C22H17F2N3O3S2/c1-13-2-4-15(31-13)11-19-21(29)27(18-5-3-14(23)10-17(18)24)22(32-19)16(12-25)20(28)26-6-8-30-9-7-26/h2-5,10-11H,6-9H2,1H3/b19-11-,22-16-. The molecule has 1 amide bonds. The van der Waals surface area contributed by atoms with E-state index in [1.807, 2.05) is 25.1 Å². The maximum atomic E-state index is 14.7. The number of morpholine rings is 1. The fourth-order valence-electron chi connectivity index (χ4n) is 3.30. The molecule has 3 heterocycles. The van der Waals surface area contributed by atoms with Crippen molar-refractivity contribution in [1.29, 1.82) is 5.26 Å². The van der Waals surface area contributed by atoms with Crippen LogP contribution in [-0.4, -0.2) is 41.7 Å². The van der Waals surface area contributed by atoms with E-state index in [1.165, 1.54) is 16.2 Å². The van der Waals surface area contributed by atoms with Crippen molar-refractivity contribution in [2.75, 3.05) is 26.3 Å². The van der Waals surface area contributed by atoms with Crippen molar-refractivity contribution >= 4 is 40.2 Å². The third-order valence-corrected chi connectivity index (χ3v) is 6.89. The number of benzene rings is 1. The summed E-state index contributed by atoms with van der Waals surface area (Å²) in [6.07, 6.45) is 1.64. The number of rotatable bonds is 3. The van der Waals surface area contributed by atoms with E-state index in [-0.39, 0.29) is 20.5 Å². The van der Waals surface area contributed by atoms with Crippen molar-refractivity contribution in [3.05, 3.63) is 71.3 Å². The third kappa shape index (κ3) is 4.27. The molecule has 0 saturated carbocycles. The van der Waals surface area contributed by atoms with Gasteiger partial charge >= 0.3 is 0 Å². The van der Waals surface area contributed by atoms with Crippen LogP contribution < -0.4 is 14.8 Å². The van der Waals surface area contributed by atoms with Gasteiger partial charge in [-0.3, -0.25) is 14.2 Å². The van der Waals surface area contributed by atoms with Gasteiger partial charge in [-0.15, -0.1) is 22.7 Å². The van der Waals surface area contributed by atoms with Crippen molar-refractivity contribution in [2.24, 2.45) is 0 Å². The van der Waals surface area contributed by atoms with Crippen molar-refractivity contribution in [3.8, 4) is 11.8 Å². The van der Waals surface area contributed by atoms with Crippen LogP contribution in [0.15, 0.2) is 35.1 Å². The van der Waals surface area contributed by atoms with Crippen LogP contribution in [0.5, 0.6) is 0 Å². The molecule has 2 aromatic heterocycles. The van der Waals surface area contributed by atoms with Crippen LogP contribution in [0.2, 0.25) is 0 Å². The molecular weight excluding hydrogens is 456 g/mol. The molecule has 0 N–H and O–H groups in total. The van der Waals surface area contributed by atoms with Gasteiger partial charge in [-0.25, -0.2) is 8.78 Å². The van der Waals surface area contributed by atoms with Crippen molar-refractivity contribution < 1.29 is 18.3 Å². The molecule has 1 aromatic carbocycles. The highest BCUT2D eigenvalue weighted by Gasteiger charge is 2.24. The molecule has 0 unspecified atom stereocenters. The molecule has 10 heteroatoms. The Bertz CT molecular complexity index is 1410. The number of aryl methyl sites for hydroxylation is 1. The number of thiazole rings is 1. The number of carbonyl (C=O) groups is 1. The Morgan fingerprint density at radius 1 is 1.19 bits per heavy atom. The second kappa shape index (κ2) is 9.16. The lowest BCUT2D eigenvalue weighted by atomic mass is 10.2. The first-order valence-corrected chi connectivity index (χ1v) is 11.3. The summed E-state index contributed by atoms with van der Waals surface area (Å²) >= 11 is 2.39. The van der Waals surface area contributed by atoms with Gasteiger partial charge in [-0.05, 0) is 37.3 Å². The molecular formula is C22H17F2N3O3S2. The summed E-state index contributed by atoms with van der Waals surface area (Å²) in [5, 5.41) is 9.82. The second-order valence-corrected chi connectivity index (χ2v) is 9.34. The number of amides is 1. The smallest absolute Gasteiger partial charge is 0.273 e. The van der Waals surface area contributed by atoms with Gasteiger partial charge < -0.3 is 9.64 Å². The molecule has 32 heavy (non-hydrogen) atoms. The molecule has 0 spiro atoms. The zero-order valence-corrected chi connectivity index (χ0v) is 18.6. The summed E-state index contributed by atoms with van der Waals surface area (Å²) in [6, 6.07) is 8.44. The number of hydrogen-bond acceptors (Lipinski definition) is 6. The Morgan fingerprint density at radius 2 is 1.94 bits per heavy atom. The number of nitriles is 1. The predicted molar refractivity (Wildman–Crippen MR) is 118 cm³/mol. The predicted octanol–water partition coefficient (Wildman–Crippen LogP) is 1.91. The molecule has 3 aromatic rings. The minimum atomic E-state index is -0.972. The number of thiophene rings is 1. The van der Waals surface area contributed by atoms with Gasteiger partial charge in [0, 0.05) is 28.9 Å². The molecule has 0 aliphatic carbocycles. The molecule has 0 bridgehead atoms. The average molecular weight is 474 g/mol. The molecule has 1 saturated heterocycles. The zero-order valence-electron chi connectivity index (χ0n) is 16.9. The number of halogens is 2. The normalized spacial score (nSPS) is 15.6. The maximum absolute atomic E-state index is 14.7. The monoisotopic (exact) mass is 473 g/mol. The van der Waals surface area contributed by atoms with Crippen LogP contribution in [-0.2, 0) is 9.53 Å². The van der Waals surface area contributed by atoms with Gasteiger partial charge in [-0.2, -0.15) is 5.26 Å². The van der Waals surface area contributed by atoms with Crippen LogP contribution in [0, 0.1) is 29.9 Å². The quantitative estimate of drug-likeness (QED) is 0.583. The van der Waals surface area contributed by atoms with Gasteiger partial charge in [0.2, 0.25) is 0 Å². The largest absolute Gasteiger partial charge is 0.378 e. The van der Waals surface area contributed by atoms with Crippen molar-refractivity contribution in [3.63, 3.8) is 0 Å². The molecule has 1 fully saturated rings. The first-order valence-electron chi connectivity index (χ1n) is 9.66. The molecule has 0 atom stereocenters. The Hall–Kier alpha value is -3.13. The maximum Gasteiger partial charge on any atom is 0.273 e. The molecule has 6 nitrogen and oxygen atoms in total. The van der Waals surface area contributed by atoms with E-state index in [0.717, 1.165) is 37.8 Å². The van der Waals surface area contributed by atoms with Crippen LogP contribution in [0.3, 0.4) is 0 Å². The SMILES string of the molecule is Cc1ccc(/C=c2\s/c(=C(/C#N)C(=O)N3CCOCC3)n(-c3ccc(F)cc3F)c2=O)s1. The van der Waals surface area contributed by atoms with Crippen LogP contribution in [0.4, 0.5) is 8.78 Å². The molecule has 164 valence electrons. The summed E-state index contributed by atoms with van der Waals surface area (Å²) in [5.41, 5.74) is -1.10. The Labute approximate surface area is 189 Å². The summed E-state index contributed by atoms with van der Waals surface area (Å²) in [6.45, 7) is 3.21. The highest BCUT2D eigenvalue weighted by molar-refractivity contribution is 7.13. The van der Waals surface area contributed by atoms with Crippen LogP contribution in [0.1, 0.15) is 9.75 Å². The Balaban J connectivity index is 2.02. The summed E-state index contributed by atoms with van der Waals surface area (Å²) in [4.78, 5) is 29.7. The lowest BCUT2D eigenvalue weighted by Gasteiger charge is -2.26. The molecule has 1 aliphatic rings. The van der Waals surface area contributed by atoms with Gasteiger partial charge in [0.25, 0.3) is 11.5 Å². The first kappa shape index (κ1) is 22.1. The van der Waals surface area contributed by atoms with Crippen LogP contribution >= 0.6 is 22.7 Å². The average Bonchev–Trinajstić information content (AvgIpc) is 3.33. The third-order valence-electron chi connectivity index (χ3n) is 4.85. The fourth-order valence-corrected chi connectivity index (χ4v) is 5.28. The number of nitrogens with zero attached hydrogens (tertiary/aromatic N) is 3. The van der Waals surface area contributed by atoms with Crippen molar-refractivity contribution in [1.82, 2.24) is 9.47 Å². The van der Waals surface area contributed by atoms with E-state index in [2.05, 4.69) is 0 Å².